The number of benzene rings is 1. The second-order valence-electron chi connectivity index (χ2n) is 4.64. The Morgan fingerprint density at radius 2 is 1.74 bits per heavy atom. The van der Waals surface area contributed by atoms with E-state index >= 15 is 0 Å². The second-order valence-corrected chi connectivity index (χ2v) is 4.64. The first-order valence-corrected chi connectivity index (χ1v) is 6.07. The van der Waals surface area contributed by atoms with Crippen molar-refractivity contribution < 1.29 is 4.74 Å². The average Bonchev–Trinajstić information content (AvgIpc) is 2.34. The number of methoxy groups -OCH3 is 1. The summed E-state index contributed by atoms with van der Waals surface area (Å²) >= 11 is 0. The molecule has 1 aromatic carbocycles. The Bertz CT molecular complexity index is 638. The number of hydrogen-bond donors (Lipinski definition) is 1. The molecule has 0 aliphatic rings. The SMILES string of the molecule is COc1c(C)c(C)cc(C)c1-c1nnc(C)nc1N. The molecule has 2 N–H and O–H groups in total. The normalized spacial score (nSPS) is 10.6. The van der Waals surface area contributed by atoms with Gasteiger partial charge in [-0.3, -0.25) is 0 Å². The van der Waals surface area contributed by atoms with Crippen LogP contribution >= 0.6 is 0 Å². The summed E-state index contributed by atoms with van der Waals surface area (Å²) in [5.74, 6) is 1.71. The number of hydrogen-bond acceptors (Lipinski definition) is 5. The van der Waals surface area contributed by atoms with Crippen molar-refractivity contribution in [2.75, 3.05) is 12.8 Å². The van der Waals surface area contributed by atoms with Crippen LogP contribution in [-0.4, -0.2) is 22.3 Å². The highest BCUT2D eigenvalue weighted by molar-refractivity contribution is 5.79. The lowest BCUT2D eigenvalue weighted by Gasteiger charge is -2.16. The molecular weight excluding hydrogens is 240 g/mol. The van der Waals surface area contributed by atoms with Crippen LogP contribution in [0.3, 0.4) is 0 Å². The number of aromatic nitrogens is 3. The van der Waals surface area contributed by atoms with Gasteiger partial charge in [0.15, 0.2) is 5.82 Å². The first-order chi connectivity index (χ1) is 8.95. The Morgan fingerprint density at radius 3 is 2.32 bits per heavy atom. The van der Waals surface area contributed by atoms with Gasteiger partial charge in [0.05, 0.1) is 12.7 Å². The fraction of sp³-hybridized carbons (Fsp3) is 0.357. The van der Waals surface area contributed by atoms with Gasteiger partial charge < -0.3 is 10.5 Å². The highest BCUT2D eigenvalue weighted by Gasteiger charge is 2.18. The van der Waals surface area contributed by atoms with E-state index in [1.807, 2.05) is 13.8 Å². The molecule has 0 atom stereocenters. The van der Waals surface area contributed by atoms with Gasteiger partial charge in [0, 0.05) is 0 Å². The standard InChI is InChI=1S/C14H18N4O/c1-7-6-8(2)11(13(19-5)9(7)3)12-14(15)16-10(4)17-18-12/h6H,1-5H3,(H2,15,16,17). The molecule has 100 valence electrons. The van der Waals surface area contributed by atoms with E-state index in [1.165, 1.54) is 5.56 Å². The van der Waals surface area contributed by atoms with Crippen LogP contribution in [0.5, 0.6) is 5.75 Å². The highest BCUT2D eigenvalue weighted by Crippen LogP contribution is 2.38. The number of nitrogen functional groups attached to an aromatic ring is 1. The maximum atomic E-state index is 5.96. The minimum Gasteiger partial charge on any atom is -0.496 e. The van der Waals surface area contributed by atoms with Crippen LogP contribution in [0.25, 0.3) is 11.3 Å². The second kappa shape index (κ2) is 4.84. The van der Waals surface area contributed by atoms with Crippen LogP contribution in [-0.2, 0) is 0 Å². The summed E-state index contributed by atoms with van der Waals surface area (Å²) in [6.45, 7) is 7.84. The number of rotatable bonds is 2. The lowest BCUT2D eigenvalue weighted by atomic mass is 9.97. The van der Waals surface area contributed by atoms with E-state index in [1.54, 1.807) is 14.0 Å². The average molecular weight is 258 g/mol. The molecule has 2 aromatic rings. The summed E-state index contributed by atoms with van der Waals surface area (Å²) in [5, 5.41) is 8.16. The number of nitrogens with zero attached hydrogens (tertiary/aromatic N) is 3. The van der Waals surface area contributed by atoms with Gasteiger partial charge in [-0.25, -0.2) is 4.98 Å². The summed E-state index contributed by atoms with van der Waals surface area (Å²) < 4.78 is 5.53. The molecule has 0 saturated heterocycles. The van der Waals surface area contributed by atoms with Crippen LogP contribution < -0.4 is 10.5 Å². The van der Waals surface area contributed by atoms with Gasteiger partial charge in [-0.1, -0.05) is 6.07 Å². The third kappa shape index (κ3) is 2.23. The van der Waals surface area contributed by atoms with Crippen LogP contribution in [0, 0.1) is 27.7 Å². The highest BCUT2D eigenvalue weighted by atomic mass is 16.5. The van der Waals surface area contributed by atoms with Crippen molar-refractivity contribution in [3.63, 3.8) is 0 Å². The van der Waals surface area contributed by atoms with Crippen molar-refractivity contribution in [3.8, 4) is 17.0 Å². The zero-order valence-corrected chi connectivity index (χ0v) is 11.9. The molecular formula is C14H18N4O. The molecule has 1 heterocycles. The van der Waals surface area contributed by atoms with Gasteiger partial charge in [0.25, 0.3) is 0 Å². The van der Waals surface area contributed by atoms with Crippen LogP contribution in [0.1, 0.15) is 22.5 Å². The monoisotopic (exact) mass is 258 g/mol. The van der Waals surface area contributed by atoms with E-state index in [0.29, 0.717) is 17.3 Å². The molecule has 0 bridgehead atoms. The van der Waals surface area contributed by atoms with E-state index in [0.717, 1.165) is 22.4 Å². The molecule has 2 rings (SSSR count). The third-order valence-corrected chi connectivity index (χ3v) is 3.25. The molecule has 0 aliphatic heterocycles. The number of anilines is 1. The van der Waals surface area contributed by atoms with Crippen molar-refractivity contribution in [3.05, 3.63) is 28.6 Å². The van der Waals surface area contributed by atoms with Gasteiger partial charge in [0.2, 0.25) is 0 Å². The third-order valence-electron chi connectivity index (χ3n) is 3.25. The van der Waals surface area contributed by atoms with Gasteiger partial charge in [-0.05, 0) is 44.4 Å². The lowest BCUT2D eigenvalue weighted by molar-refractivity contribution is 0.412. The van der Waals surface area contributed by atoms with Crippen molar-refractivity contribution in [2.24, 2.45) is 0 Å². The molecule has 0 saturated carbocycles. The molecule has 0 aliphatic carbocycles. The first kappa shape index (κ1) is 13.3. The lowest BCUT2D eigenvalue weighted by Crippen LogP contribution is -2.05. The Hall–Kier alpha value is -2.17. The fourth-order valence-electron chi connectivity index (χ4n) is 2.20. The summed E-state index contributed by atoms with van der Waals surface area (Å²) in [4.78, 5) is 4.17. The molecule has 5 nitrogen and oxygen atoms in total. The molecule has 0 amide bonds. The maximum Gasteiger partial charge on any atom is 0.154 e. The quantitative estimate of drug-likeness (QED) is 0.895. The van der Waals surface area contributed by atoms with E-state index < -0.39 is 0 Å². The van der Waals surface area contributed by atoms with Gasteiger partial charge in [0.1, 0.15) is 17.3 Å². The first-order valence-electron chi connectivity index (χ1n) is 6.07. The molecule has 0 unspecified atom stereocenters. The van der Waals surface area contributed by atoms with Gasteiger partial charge >= 0.3 is 0 Å². The van der Waals surface area contributed by atoms with Crippen molar-refractivity contribution in [1.29, 1.82) is 0 Å². The smallest absolute Gasteiger partial charge is 0.154 e. The van der Waals surface area contributed by atoms with Crippen molar-refractivity contribution in [1.82, 2.24) is 15.2 Å². The van der Waals surface area contributed by atoms with E-state index in [-0.39, 0.29) is 0 Å². The minimum atomic E-state index is 0.372. The minimum absolute atomic E-state index is 0.372. The molecule has 1 aromatic heterocycles. The van der Waals surface area contributed by atoms with Crippen LogP contribution in [0.15, 0.2) is 6.07 Å². The maximum absolute atomic E-state index is 5.96. The molecule has 5 heteroatoms. The zero-order chi connectivity index (χ0) is 14.2. The molecule has 0 spiro atoms. The molecule has 0 fully saturated rings. The van der Waals surface area contributed by atoms with E-state index in [4.69, 9.17) is 10.5 Å². The van der Waals surface area contributed by atoms with Gasteiger partial charge in [-0.2, -0.15) is 0 Å². The fourth-order valence-corrected chi connectivity index (χ4v) is 2.20. The van der Waals surface area contributed by atoms with E-state index in [9.17, 15) is 0 Å². The molecule has 0 radical (unpaired) electrons. The zero-order valence-electron chi connectivity index (χ0n) is 11.9. The largest absolute Gasteiger partial charge is 0.496 e. The van der Waals surface area contributed by atoms with Crippen LogP contribution in [0.2, 0.25) is 0 Å². The predicted octanol–water partition coefficient (Wildman–Crippen LogP) is 2.36. The predicted molar refractivity (Wildman–Crippen MR) is 75.2 cm³/mol. The van der Waals surface area contributed by atoms with E-state index in [2.05, 4.69) is 28.2 Å². The number of aryl methyl sites for hydroxylation is 3. The Morgan fingerprint density at radius 1 is 1.05 bits per heavy atom. The summed E-state index contributed by atoms with van der Waals surface area (Å²) in [7, 11) is 1.65. The molecule has 19 heavy (non-hydrogen) atoms. The number of ether oxygens (including phenoxy) is 1. The van der Waals surface area contributed by atoms with Crippen molar-refractivity contribution >= 4 is 5.82 Å². The summed E-state index contributed by atoms with van der Waals surface area (Å²) in [5.41, 5.74) is 10.7. The summed E-state index contributed by atoms with van der Waals surface area (Å²) in [6, 6.07) is 2.09. The Labute approximate surface area is 112 Å². The topological polar surface area (TPSA) is 73.9 Å². The number of nitrogens with two attached hydrogens (primary N) is 1. The summed E-state index contributed by atoms with van der Waals surface area (Å²) in [6.07, 6.45) is 0. The van der Waals surface area contributed by atoms with Gasteiger partial charge in [-0.15, -0.1) is 10.2 Å². The Kier molecular flexibility index (Phi) is 3.38. The Balaban J connectivity index is 2.78. The van der Waals surface area contributed by atoms with Crippen molar-refractivity contribution in [2.45, 2.75) is 27.7 Å². The van der Waals surface area contributed by atoms with Crippen LogP contribution in [0.4, 0.5) is 5.82 Å².